The second-order valence-electron chi connectivity index (χ2n) is 5.62. The molecule has 2 saturated carbocycles. The fraction of sp³-hybridized carbons (Fsp3) is 0.909. The number of aliphatic hydroxyl groups is 1. The molecule has 2 nitrogen and oxygen atoms in total. The molecule has 2 bridgehead atoms. The van der Waals surface area contributed by atoms with Crippen molar-refractivity contribution in [3.8, 4) is 0 Å². The topological polar surface area (TPSA) is 37.3 Å². The summed E-state index contributed by atoms with van der Waals surface area (Å²) in [5, 5.41) is 10.1. The Kier molecular flexibility index (Phi) is 1.42. The number of carbonyl (C=O) groups excluding carboxylic acids is 1. The van der Waals surface area contributed by atoms with Crippen molar-refractivity contribution in [1.29, 1.82) is 0 Å². The van der Waals surface area contributed by atoms with E-state index in [-0.39, 0.29) is 22.5 Å². The lowest BCUT2D eigenvalue weighted by Crippen LogP contribution is -2.43. The molecule has 0 aromatic heterocycles. The maximum absolute atomic E-state index is 12.0. The Hall–Kier alpha value is -0.370. The molecule has 0 radical (unpaired) electrons. The molecule has 0 spiro atoms. The van der Waals surface area contributed by atoms with Crippen LogP contribution in [0.1, 0.15) is 40.5 Å². The van der Waals surface area contributed by atoms with Gasteiger partial charge in [0.2, 0.25) is 0 Å². The van der Waals surface area contributed by atoms with Crippen LogP contribution in [0.5, 0.6) is 0 Å². The minimum absolute atomic E-state index is 0.0341. The lowest BCUT2D eigenvalue weighted by Gasteiger charge is -2.31. The van der Waals surface area contributed by atoms with Crippen molar-refractivity contribution in [1.82, 2.24) is 0 Å². The first-order valence-electron chi connectivity index (χ1n) is 5.02. The third kappa shape index (κ3) is 0.723. The van der Waals surface area contributed by atoms with Crippen LogP contribution >= 0.6 is 0 Å². The first kappa shape index (κ1) is 9.20. The summed E-state index contributed by atoms with van der Waals surface area (Å²) >= 11 is 0. The number of hydrogen-bond donors (Lipinski definition) is 1. The van der Waals surface area contributed by atoms with Gasteiger partial charge in [-0.15, -0.1) is 0 Å². The van der Waals surface area contributed by atoms with Crippen molar-refractivity contribution >= 4 is 5.78 Å². The van der Waals surface area contributed by atoms with E-state index in [1.807, 2.05) is 6.92 Å². The second-order valence-corrected chi connectivity index (χ2v) is 5.62. The van der Waals surface area contributed by atoms with Crippen molar-refractivity contribution in [2.45, 2.75) is 46.1 Å². The highest BCUT2D eigenvalue weighted by molar-refractivity contribution is 5.96. The highest BCUT2D eigenvalue weighted by Crippen LogP contribution is 2.66. The number of carbonyl (C=O) groups is 1. The van der Waals surface area contributed by atoms with E-state index in [1.165, 1.54) is 0 Å². The average Bonchev–Trinajstić information content (AvgIpc) is 2.26. The quantitative estimate of drug-likeness (QED) is 0.620. The van der Waals surface area contributed by atoms with E-state index in [0.29, 0.717) is 0 Å². The van der Waals surface area contributed by atoms with Crippen LogP contribution in [0.15, 0.2) is 0 Å². The van der Waals surface area contributed by atoms with E-state index in [0.717, 1.165) is 12.8 Å². The first-order valence-corrected chi connectivity index (χ1v) is 5.02. The Morgan fingerprint density at radius 1 is 1.31 bits per heavy atom. The molecule has 0 aromatic carbocycles. The van der Waals surface area contributed by atoms with Crippen molar-refractivity contribution in [3.05, 3.63) is 0 Å². The molecule has 2 fully saturated rings. The molecule has 74 valence electrons. The molecule has 13 heavy (non-hydrogen) atoms. The van der Waals surface area contributed by atoms with Crippen LogP contribution in [0.25, 0.3) is 0 Å². The van der Waals surface area contributed by atoms with E-state index in [4.69, 9.17) is 0 Å². The summed E-state index contributed by atoms with van der Waals surface area (Å²) in [6, 6.07) is 0. The second kappa shape index (κ2) is 2.00. The minimum atomic E-state index is -1.07. The van der Waals surface area contributed by atoms with Gasteiger partial charge in [0.05, 0.1) is 0 Å². The van der Waals surface area contributed by atoms with Gasteiger partial charge in [-0.1, -0.05) is 20.8 Å². The standard InChI is InChI=1S/C11H18O2/c1-9(2)7-5-6-10(9,3)8(12)11(7,4)13/h7,13H,5-6H2,1-4H3. The molecular formula is C11H18O2. The summed E-state index contributed by atoms with van der Waals surface area (Å²) in [4.78, 5) is 12.0. The zero-order valence-electron chi connectivity index (χ0n) is 8.85. The van der Waals surface area contributed by atoms with Gasteiger partial charge in [0.15, 0.2) is 5.78 Å². The molecule has 3 unspecified atom stereocenters. The molecule has 2 rings (SSSR count). The van der Waals surface area contributed by atoms with Crippen LogP contribution in [0, 0.1) is 16.7 Å². The summed E-state index contributed by atoms with van der Waals surface area (Å²) in [6.45, 7) is 7.93. The SMILES string of the molecule is CC1(O)C(=O)C2(C)CCC1C2(C)C. The zero-order valence-corrected chi connectivity index (χ0v) is 8.85. The van der Waals surface area contributed by atoms with E-state index >= 15 is 0 Å². The van der Waals surface area contributed by atoms with Gasteiger partial charge in [0.25, 0.3) is 0 Å². The fourth-order valence-corrected chi connectivity index (χ4v) is 3.61. The molecule has 2 heteroatoms. The van der Waals surface area contributed by atoms with Gasteiger partial charge in [0.1, 0.15) is 5.60 Å². The van der Waals surface area contributed by atoms with Crippen molar-refractivity contribution < 1.29 is 9.90 Å². The molecule has 1 N–H and O–H groups in total. The largest absolute Gasteiger partial charge is 0.382 e. The number of ketones is 1. The Balaban J connectivity index is 2.58. The van der Waals surface area contributed by atoms with E-state index in [9.17, 15) is 9.90 Å². The zero-order chi connectivity index (χ0) is 10.1. The van der Waals surface area contributed by atoms with E-state index in [1.54, 1.807) is 6.92 Å². The van der Waals surface area contributed by atoms with Gasteiger partial charge in [-0.3, -0.25) is 4.79 Å². The lowest BCUT2D eigenvalue weighted by atomic mass is 9.70. The Morgan fingerprint density at radius 3 is 2.08 bits per heavy atom. The Labute approximate surface area is 79.3 Å². The van der Waals surface area contributed by atoms with Crippen LogP contribution in [0.2, 0.25) is 0 Å². The molecule has 2 aliphatic carbocycles. The maximum atomic E-state index is 12.0. The Morgan fingerprint density at radius 2 is 1.85 bits per heavy atom. The van der Waals surface area contributed by atoms with E-state index in [2.05, 4.69) is 13.8 Å². The highest BCUT2D eigenvalue weighted by Gasteiger charge is 2.70. The maximum Gasteiger partial charge on any atom is 0.170 e. The predicted molar refractivity (Wildman–Crippen MR) is 50.2 cm³/mol. The molecule has 0 aliphatic heterocycles. The molecular weight excluding hydrogens is 164 g/mol. The van der Waals surface area contributed by atoms with Crippen LogP contribution in [-0.2, 0) is 4.79 Å². The predicted octanol–water partition coefficient (Wildman–Crippen LogP) is 1.76. The third-order valence-corrected chi connectivity index (χ3v) is 4.87. The van der Waals surface area contributed by atoms with Crippen LogP contribution in [0.3, 0.4) is 0 Å². The number of hydrogen-bond acceptors (Lipinski definition) is 2. The minimum Gasteiger partial charge on any atom is -0.382 e. The van der Waals surface area contributed by atoms with Gasteiger partial charge in [0, 0.05) is 11.3 Å². The first-order chi connectivity index (χ1) is 5.74. The van der Waals surface area contributed by atoms with Gasteiger partial charge in [-0.05, 0) is 25.2 Å². The van der Waals surface area contributed by atoms with Crippen LogP contribution in [-0.4, -0.2) is 16.5 Å². The molecule has 0 saturated heterocycles. The number of fused-ring (bicyclic) bond motifs is 2. The molecule has 2 aliphatic rings. The lowest BCUT2D eigenvalue weighted by molar-refractivity contribution is -0.144. The summed E-state index contributed by atoms with van der Waals surface area (Å²) in [6.07, 6.45) is 1.93. The van der Waals surface area contributed by atoms with Crippen molar-refractivity contribution in [3.63, 3.8) is 0 Å². The van der Waals surface area contributed by atoms with Crippen LogP contribution in [0.4, 0.5) is 0 Å². The van der Waals surface area contributed by atoms with Gasteiger partial charge >= 0.3 is 0 Å². The number of rotatable bonds is 0. The number of Topliss-reactive ketones (excluding diaryl/α,β-unsaturated/α-hetero) is 1. The molecule has 3 atom stereocenters. The average molecular weight is 182 g/mol. The van der Waals surface area contributed by atoms with Crippen molar-refractivity contribution in [2.75, 3.05) is 0 Å². The van der Waals surface area contributed by atoms with Gasteiger partial charge in [-0.2, -0.15) is 0 Å². The van der Waals surface area contributed by atoms with Crippen molar-refractivity contribution in [2.24, 2.45) is 16.7 Å². The van der Waals surface area contributed by atoms with E-state index < -0.39 is 5.60 Å². The molecule has 0 amide bonds. The highest BCUT2D eigenvalue weighted by atomic mass is 16.3. The summed E-state index contributed by atoms with van der Waals surface area (Å²) < 4.78 is 0. The third-order valence-electron chi connectivity index (χ3n) is 4.87. The smallest absolute Gasteiger partial charge is 0.170 e. The van der Waals surface area contributed by atoms with Gasteiger partial charge < -0.3 is 5.11 Å². The monoisotopic (exact) mass is 182 g/mol. The molecule has 0 heterocycles. The summed E-state index contributed by atoms with van der Waals surface area (Å²) in [7, 11) is 0. The normalized spacial score (nSPS) is 53.0. The summed E-state index contributed by atoms with van der Waals surface area (Å²) in [5.74, 6) is 0.207. The summed E-state index contributed by atoms with van der Waals surface area (Å²) in [5.41, 5.74) is -1.40. The van der Waals surface area contributed by atoms with Crippen LogP contribution < -0.4 is 0 Å². The molecule has 0 aromatic rings. The Bertz CT molecular complexity index is 278. The fourth-order valence-electron chi connectivity index (χ4n) is 3.61. The van der Waals surface area contributed by atoms with Gasteiger partial charge in [-0.25, -0.2) is 0 Å².